The molecular formula is C14H27N3O. The first kappa shape index (κ1) is 13.8. The van der Waals surface area contributed by atoms with Crippen molar-refractivity contribution in [3.8, 4) is 0 Å². The number of likely N-dealkylation sites (tertiary alicyclic amines) is 1. The molecule has 2 rings (SSSR count). The Morgan fingerprint density at radius 2 is 2.17 bits per heavy atom. The number of nitrogens with one attached hydrogen (secondary N) is 1. The number of amides is 1. The number of hydrogen-bond acceptors (Lipinski definition) is 3. The van der Waals surface area contributed by atoms with Gasteiger partial charge in [-0.3, -0.25) is 4.79 Å². The van der Waals surface area contributed by atoms with E-state index in [0.717, 1.165) is 32.4 Å². The van der Waals surface area contributed by atoms with E-state index in [-0.39, 0.29) is 5.92 Å². The number of carbonyl (C=O) groups excluding carboxylic acids is 1. The summed E-state index contributed by atoms with van der Waals surface area (Å²) in [6, 6.07) is 0.900. The van der Waals surface area contributed by atoms with Gasteiger partial charge in [0, 0.05) is 31.6 Å². The van der Waals surface area contributed by atoms with Crippen LogP contribution in [-0.2, 0) is 4.79 Å². The molecule has 0 spiro atoms. The fourth-order valence-electron chi connectivity index (χ4n) is 3.28. The van der Waals surface area contributed by atoms with Crippen LogP contribution in [0.3, 0.4) is 0 Å². The van der Waals surface area contributed by atoms with Crippen LogP contribution in [0, 0.1) is 5.92 Å². The molecule has 1 amide bonds. The Kier molecular flexibility index (Phi) is 4.62. The normalized spacial score (nSPS) is 34.3. The zero-order valence-electron chi connectivity index (χ0n) is 12.0. The molecule has 4 nitrogen and oxygen atoms in total. The molecule has 0 aliphatic carbocycles. The number of carbonyl (C=O) groups is 1. The minimum atomic E-state index is 0.235. The van der Waals surface area contributed by atoms with E-state index >= 15 is 0 Å². The van der Waals surface area contributed by atoms with Gasteiger partial charge >= 0.3 is 0 Å². The molecule has 2 aliphatic rings. The van der Waals surface area contributed by atoms with E-state index in [1.54, 1.807) is 0 Å². The van der Waals surface area contributed by atoms with Crippen molar-refractivity contribution < 1.29 is 4.79 Å². The molecule has 2 heterocycles. The van der Waals surface area contributed by atoms with Crippen molar-refractivity contribution in [1.82, 2.24) is 15.1 Å². The number of hydrogen-bond donors (Lipinski definition) is 1. The summed E-state index contributed by atoms with van der Waals surface area (Å²) in [6.07, 6.45) is 4.36. The third-order valence-electron chi connectivity index (χ3n) is 4.47. The maximum absolute atomic E-state index is 12.5. The monoisotopic (exact) mass is 253 g/mol. The van der Waals surface area contributed by atoms with Crippen molar-refractivity contribution in [2.24, 2.45) is 5.92 Å². The van der Waals surface area contributed by atoms with Crippen molar-refractivity contribution in [2.75, 3.05) is 33.7 Å². The summed E-state index contributed by atoms with van der Waals surface area (Å²) in [4.78, 5) is 16.9. The number of rotatable bonds is 2. The van der Waals surface area contributed by atoms with Crippen molar-refractivity contribution in [2.45, 2.75) is 44.7 Å². The summed E-state index contributed by atoms with van der Waals surface area (Å²) in [5.74, 6) is 0.599. The average Bonchev–Trinajstić information content (AvgIpc) is 2.37. The van der Waals surface area contributed by atoms with E-state index in [4.69, 9.17) is 0 Å². The molecular weight excluding hydrogens is 226 g/mol. The van der Waals surface area contributed by atoms with Crippen molar-refractivity contribution in [3.05, 3.63) is 0 Å². The minimum absolute atomic E-state index is 0.235. The van der Waals surface area contributed by atoms with Crippen LogP contribution < -0.4 is 5.32 Å². The van der Waals surface area contributed by atoms with Gasteiger partial charge in [0.2, 0.25) is 5.91 Å². The Labute approximate surface area is 111 Å². The van der Waals surface area contributed by atoms with Gasteiger partial charge in [-0.1, -0.05) is 0 Å². The summed E-state index contributed by atoms with van der Waals surface area (Å²) in [5, 5.41) is 3.41. The highest BCUT2D eigenvalue weighted by molar-refractivity contribution is 5.79. The van der Waals surface area contributed by atoms with Gasteiger partial charge in [-0.25, -0.2) is 0 Å². The minimum Gasteiger partial charge on any atom is -0.341 e. The van der Waals surface area contributed by atoms with Crippen molar-refractivity contribution in [3.63, 3.8) is 0 Å². The van der Waals surface area contributed by atoms with Gasteiger partial charge in [0.25, 0.3) is 0 Å². The van der Waals surface area contributed by atoms with Gasteiger partial charge in [0.15, 0.2) is 0 Å². The Morgan fingerprint density at radius 3 is 2.83 bits per heavy atom. The lowest BCUT2D eigenvalue weighted by molar-refractivity contribution is -0.138. The first-order valence-corrected chi connectivity index (χ1v) is 7.26. The second-order valence-corrected chi connectivity index (χ2v) is 6.08. The Balaban J connectivity index is 1.91. The van der Waals surface area contributed by atoms with E-state index in [9.17, 15) is 4.79 Å². The lowest BCUT2D eigenvalue weighted by atomic mass is 9.91. The first-order chi connectivity index (χ1) is 8.58. The largest absolute Gasteiger partial charge is 0.341 e. The smallest absolute Gasteiger partial charge is 0.225 e. The predicted octanol–water partition coefficient (Wildman–Crippen LogP) is 0.927. The highest BCUT2D eigenvalue weighted by Gasteiger charge is 2.31. The molecule has 3 unspecified atom stereocenters. The average molecular weight is 253 g/mol. The molecule has 0 aromatic carbocycles. The molecule has 4 heteroatoms. The Bertz CT molecular complexity index is 295. The Hall–Kier alpha value is -0.610. The number of piperidine rings is 2. The molecule has 0 aromatic rings. The molecule has 0 aromatic heterocycles. The fraction of sp³-hybridized carbons (Fsp3) is 0.929. The third-order valence-corrected chi connectivity index (χ3v) is 4.47. The molecule has 2 aliphatic heterocycles. The van der Waals surface area contributed by atoms with Crippen LogP contribution >= 0.6 is 0 Å². The summed E-state index contributed by atoms with van der Waals surface area (Å²) in [5.41, 5.74) is 0. The highest BCUT2D eigenvalue weighted by Crippen LogP contribution is 2.21. The lowest BCUT2D eigenvalue weighted by Crippen LogP contribution is -2.50. The SMILES string of the molecule is CC1CC(C(=O)N(C)C2CCCN(C)C2)CCN1. The standard InChI is InChI=1S/C14H27N3O/c1-11-9-12(6-7-15-11)14(18)17(3)13-5-4-8-16(2)10-13/h11-13,15H,4-10H2,1-3H3. The van der Waals surface area contributed by atoms with Crippen molar-refractivity contribution >= 4 is 5.91 Å². The van der Waals surface area contributed by atoms with Gasteiger partial charge in [0.1, 0.15) is 0 Å². The zero-order chi connectivity index (χ0) is 13.1. The summed E-state index contributed by atoms with van der Waals surface area (Å²) < 4.78 is 0. The Morgan fingerprint density at radius 1 is 1.39 bits per heavy atom. The number of likely N-dealkylation sites (N-methyl/N-ethyl adjacent to an activating group) is 2. The molecule has 0 radical (unpaired) electrons. The molecule has 0 saturated carbocycles. The van der Waals surface area contributed by atoms with Crippen LogP contribution in [0.25, 0.3) is 0 Å². The highest BCUT2D eigenvalue weighted by atomic mass is 16.2. The van der Waals surface area contributed by atoms with E-state index in [2.05, 4.69) is 24.2 Å². The maximum atomic E-state index is 12.5. The van der Waals surface area contributed by atoms with E-state index in [0.29, 0.717) is 18.0 Å². The molecule has 1 N–H and O–H groups in total. The third kappa shape index (κ3) is 3.23. The summed E-state index contributed by atoms with van der Waals surface area (Å²) in [7, 11) is 4.15. The predicted molar refractivity (Wildman–Crippen MR) is 73.5 cm³/mol. The molecule has 3 atom stereocenters. The van der Waals surface area contributed by atoms with Gasteiger partial charge in [-0.15, -0.1) is 0 Å². The van der Waals surface area contributed by atoms with E-state index < -0.39 is 0 Å². The van der Waals surface area contributed by atoms with Gasteiger partial charge in [-0.05, 0) is 52.7 Å². The quantitative estimate of drug-likeness (QED) is 0.795. The number of nitrogens with zero attached hydrogens (tertiary/aromatic N) is 2. The van der Waals surface area contributed by atoms with Crippen LogP contribution in [0.15, 0.2) is 0 Å². The van der Waals surface area contributed by atoms with Crippen LogP contribution in [0.1, 0.15) is 32.6 Å². The van der Waals surface area contributed by atoms with Crippen molar-refractivity contribution in [1.29, 1.82) is 0 Å². The van der Waals surface area contributed by atoms with E-state index in [1.165, 1.54) is 13.0 Å². The first-order valence-electron chi connectivity index (χ1n) is 7.26. The van der Waals surface area contributed by atoms with Gasteiger partial charge in [-0.2, -0.15) is 0 Å². The van der Waals surface area contributed by atoms with Crippen LogP contribution in [0.4, 0.5) is 0 Å². The second kappa shape index (κ2) is 6.02. The molecule has 2 saturated heterocycles. The van der Waals surface area contributed by atoms with Crippen LogP contribution in [0.2, 0.25) is 0 Å². The maximum Gasteiger partial charge on any atom is 0.225 e. The van der Waals surface area contributed by atoms with Gasteiger partial charge < -0.3 is 15.1 Å². The topological polar surface area (TPSA) is 35.6 Å². The van der Waals surface area contributed by atoms with Crippen LogP contribution in [-0.4, -0.2) is 61.5 Å². The second-order valence-electron chi connectivity index (χ2n) is 6.08. The lowest BCUT2D eigenvalue weighted by Gasteiger charge is -2.38. The summed E-state index contributed by atoms with van der Waals surface area (Å²) >= 11 is 0. The van der Waals surface area contributed by atoms with Gasteiger partial charge in [0.05, 0.1) is 0 Å². The summed E-state index contributed by atoms with van der Waals surface area (Å²) in [6.45, 7) is 5.36. The zero-order valence-corrected chi connectivity index (χ0v) is 12.0. The molecule has 2 fully saturated rings. The molecule has 0 bridgehead atoms. The molecule has 18 heavy (non-hydrogen) atoms. The fourth-order valence-corrected chi connectivity index (χ4v) is 3.28. The van der Waals surface area contributed by atoms with E-state index in [1.807, 2.05) is 11.9 Å². The molecule has 104 valence electrons. The van der Waals surface area contributed by atoms with Crippen LogP contribution in [0.5, 0.6) is 0 Å².